The van der Waals surface area contributed by atoms with Gasteiger partial charge in [0.25, 0.3) is 0 Å². The second-order valence-electron chi connectivity index (χ2n) is 3.32. The van der Waals surface area contributed by atoms with Crippen LogP contribution in [0.15, 0.2) is 18.5 Å². The Labute approximate surface area is 76.9 Å². The van der Waals surface area contributed by atoms with Crippen molar-refractivity contribution in [2.45, 2.75) is 25.3 Å². The standard InChI is InChI=1S/C9H13N3O/c13-9(12-7-1-5-11-12)4-6-10-8-2-3-8/h1,5,7-8,10H,2-4,6H2. The van der Waals surface area contributed by atoms with Gasteiger partial charge in [-0.15, -0.1) is 0 Å². The third kappa shape index (κ3) is 2.39. The summed E-state index contributed by atoms with van der Waals surface area (Å²) in [5.74, 6) is 0.0538. The van der Waals surface area contributed by atoms with Gasteiger partial charge in [0.15, 0.2) is 0 Å². The quantitative estimate of drug-likeness (QED) is 0.738. The van der Waals surface area contributed by atoms with E-state index in [2.05, 4.69) is 10.4 Å². The van der Waals surface area contributed by atoms with Crippen LogP contribution in [-0.4, -0.2) is 28.3 Å². The van der Waals surface area contributed by atoms with Gasteiger partial charge in [0, 0.05) is 31.4 Å². The van der Waals surface area contributed by atoms with Crippen LogP contribution in [0.5, 0.6) is 0 Å². The number of hydrogen-bond acceptors (Lipinski definition) is 3. The van der Waals surface area contributed by atoms with E-state index >= 15 is 0 Å². The molecule has 13 heavy (non-hydrogen) atoms. The van der Waals surface area contributed by atoms with Crippen LogP contribution in [0.25, 0.3) is 0 Å². The Morgan fingerprint density at radius 1 is 1.62 bits per heavy atom. The zero-order chi connectivity index (χ0) is 9.10. The van der Waals surface area contributed by atoms with Crippen molar-refractivity contribution in [3.8, 4) is 0 Å². The van der Waals surface area contributed by atoms with Crippen molar-refractivity contribution in [2.75, 3.05) is 6.54 Å². The molecule has 70 valence electrons. The molecule has 1 aromatic heterocycles. The fourth-order valence-corrected chi connectivity index (χ4v) is 1.20. The van der Waals surface area contributed by atoms with E-state index in [1.807, 2.05) is 0 Å². The van der Waals surface area contributed by atoms with Gasteiger partial charge in [-0.05, 0) is 18.9 Å². The van der Waals surface area contributed by atoms with E-state index in [-0.39, 0.29) is 5.91 Å². The summed E-state index contributed by atoms with van der Waals surface area (Å²) in [5, 5.41) is 7.16. The smallest absolute Gasteiger partial charge is 0.248 e. The van der Waals surface area contributed by atoms with Crippen molar-refractivity contribution in [3.05, 3.63) is 18.5 Å². The van der Waals surface area contributed by atoms with Crippen LogP contribution in [0, 0.1) is 0 Å². The Morgan fingerprint density at radius 3 is 3.08 bits per heavy atom. The third-order valence-electron chi connectivity index (χ3n) is 2.11. The van der Waals surface area contributed by atoms with Crippen LogP contribution in [0.2, 0.25) is 0 Å². The number of carbonyl (C=O) groups excluding carboxylic acids is 1. The first-order valence-electron chi connectivity index (χ1n) is 4.62. The van der Waals surface area contributed by atoms with E-state index in [0.29, 0.717) is 12.5 Å². The molecule has 1 N–H and O–H groups in total. The van der Waals surface area contributed by atoms with Gasteiger partial charge in [0.05, 0.1) is 0 Å². The Morgan fingerprint density at radius 2 is 2.46 bits per heavy atom. The number of nitrogens with one attached hydrogen (secondary N) is 1. The first-order valence-corrected chi connectivity index (χ1v) is 4.62. The van der Waals surface area contributed by atoms with Crippen LogP contribution >= 0.6 is 0 Å². The van der Waals surface area contributed by atoms with Gasteiger partial charge in [0.1, 0.15) is 0 Å². The zero-order valence-electron chi connectivity index (χ0n) is 7.44. The summed E-state index contributed by atoms with van der Waals surface area (Å²) >= 11 is 0. The van der Waals surface area contributed by atoms with Crippen molar-refractivity contribution < 1.29 is 4.79 Å². The number of nitrogens with zero attached hydrogens (tertiary/aromatic N) is 2. The van der Waals surface area contributed by atoms with E-state index in [4.69, 9.17) is 0 Å². The monoisotopic (exact) mass is 179 g/mol. The highest BCUT2D eigenvalue weighted by molar-refractivity contribution is 5.77. The average molecular weight is 179 g/mol. The highest BCUT2D eigenvalue weighted by Crippen LogP contribution is 2.18. The van der Waals surface area contributed by atoms with Gasteiger partial charge in [-0.3, -0.25) is 4.79 Å². The molecule has 1 aliphatic carbocycles. The fourth-order valence-electron chi connectivity index (χ4n) is 1.20. The lowest BCUT2D eigenvalue weighted by Crippen LogP contribution is -2.22. The Balaban J connectivity index is 1.71. The minimum Gasteiger partial charge on any atom is -0.313 e. The Hall–Kier alpha value is -1.16. The molecule has 0 unspecified atom stereocenters. The molecule has 0 atom stereocenters. The van der Waals surface area contributed by atoms with Crippen molar-refractivity contribution >= 4 is 5.91 Å². The fraction of sp³-hybridized carbons (Fsp3) is 0.556. The summed E-state index contributed by atoms with van der Waals surface area (Å²) in [7, 11) is 0. The van der Waals surface area contributed by atoms with Crippen molar-refractivity contribution in [1.82, 2.24) is 15.1 Å². The summed E-state index contributed by atoms with van der Waals surface area (Å²) in [6.45, 7) is 0.767. The number of hydrogen-bond donors (Lipinski definition) is 1. The van der Waals surface area contributed by atoms with Crippen molar-refractivity contribution in [2.24, 2.45) is 0 Å². The Kier molecular flexibility index (Phi) is 2.40. The molecule has 1 aliphatic rings. The predicted octanol–water partition coefficient (Wildman–Crippen LogP) is 0.665. The Bertz CT molecular complexity index is 277. The minimum absolute atomic E-state index is 0.0538. The maximum Gasteiger partial charge on any atom is 0.248 e. The second-order valence-corrected chi connectivity index (χ2v) is 3.32. The average Bonchev–Trinajstić information content (AvgIpc) is 2.80. The van der Waals surface area contributed by atoms with Gasteiger partial charge in [0.2, 0.25) is 5.91 Å². The van der Waals surface area contributed by atoms with Crippen LogP contribution < -0.4 is 5.32 Å². The molecular weight excluding hydrogens is 166 g/mol. The summed E-state index contributed by atoms with van der Waals surface area (Å²) in [6, 6.07) is 2.43. The molecule has 0 aliphatic heterocycles. The molecular formula is C9H13N3O. The van der Waals surface area contributed by atoms with Gasteiger partial charge in [-0.25, -0.2) is 4.68 Å². The molecule has 0 spiro atoms. The number of carbonyl (C=O) groups is 1. The third-order valence-corrected chi connectivity index (χ3v) is 2.11. The van der Waals surface area contributed by atoms with E-state index in [1.54, 1.807) is 18.5 Å². The molecule has 4 nitrogen and oxygen atoms in total. The minimum atomic E-state index is 0.0538. The lowest BCUT2D eigenvalue weighted by Gasteiger charge is -2.01. The van der Waals surface area contributed by atoms with Crippen LogP contribution in [0.3, 0.4) is 0 Å². The van der Waals surface area contributed by atoms with E-state index in [0.717, 1.165) is 6.54 Å². The lowest BCUT2D eigenvalue weighted by molar-refractivity contribution is 0.0887. The van der Waals surface area contributed by atoms with Crippen LogP contribution in [0.1, 0.15) is 24.1 Å². The maximum absolute atomic E-state index is 11.4. The van der Waals surface area contributed by atoms with Crippen LogP contribution in [0.4, 0.5) is 0 Å². The van der Waals surface area contributed by atoms with Crippen molar-refractivity contribution in [3.63, 3.8) is 0 Å². The van der Waals surface area contributed by atoms with Gasteiger partial charge in [-0.2, -0.15) is 5.10 Å². The molecule has 0 aromatic carbocycles. The van der Waals surface area contributed by atoms with Crippen LogP contribution in [-0.2, 0) is 0 Å². The topological polar surface area (TPSA) is 46.9 Å². The summed E-state index contributed by atoms with van der Waals surface area (Å²) < 4.78 is 1.38. The van der Waals surface area contributed by atoms with E-state index in [1.165, 1.54) is 17.5 Å². The predicted molar refractivity (Wildman–Crippen MR) is 48.5 cm³/mol. The summed E-state index contributed by atoms with van der Waals surface area (Å²) in [6.07, 6.45) is 6.34. The number of aromatic nitrogens is 2. The van der Waals surface area contributed by atoms with E-state index in [9.17, 15) is 4.79 Å². The number of rotatable bonds is 4. The molecule has 0 saturated heterocycles. The second kappa shape index (κ2) is 3.70. The molecule has 2 rings (SSSR count). The first kappa shape index (κ1) is 8.44. The maximum atomic E-state index is 11.4. The molecule has 0 amide bonds. The van der Waals surface area contributed by atoms with Gasteiger partial charge in [-0.1, -0.05) is 0 Å². The molecule has 1 saturated carbocycles. The summed E-state index contributed by atoms with van der Waals surface area (Å²) in [5.41, 5.74) is 0. The molecule has 1 heterocycles. The highest BCUT2D eigenvalue weighted by atomic mass is 16.2. The molecule has 4 heteroatoms. The zero-order valence-corrected chi connectivity index (χ0v) is 7.44. The molecule has 1 aromatic rings. The van der Waals surface area contributed by atoms with Gasteiger partial charge >= 0.3 is 0 Å². The molecule has 0 bridgehead atoms. The lowest BCUT2D eigenvalue weighted by atomic mass is 10.4. The normalized spacial score (nSPS) is 16.0. The van der Waals surface area contributed by atoms with Gasteiger partial charge < -0.3 is 5.32 Å². The van der Waals surface area contributed by atoms with E-state index < -0.39 is 0 Å². The molecule has 0 radical (unpaired) electrons. The summed E-state index contributed by atoms with van der Waals surface area (Å²) in [4.78, 5) is 11.4. The van der Waals surface area contributed by atoms with Crippen molar-refractivity contribution in [1.29, 1.82) is 0 Å². The largest absolute Gasteiger partial charge is 0.313 e. The molecule has 1 fully saturated rings. The first-order chi connectivity index (χ1) is 6.36. The highest BCUT2D eigenvalue weighted by Gasteiger charge is 2.20. The SMILES string of the molecule is O=C(CCNC1CC1)n1cccn1.